The second-order valence-corrected chi connectivity index (χ2v) is 6.72. The van der Waals surface area contributed by atoms with Gasteiger partial charge in [-0.05, 0) is 44.4 Å². The Morgan fingerprint density at radius 1 is 1.30 bits per heavy atom. The highest BCUT2D eigenvalue weighted by molar-refractivity contribution is 6.42. The predicted molar refractivity (Wildman–Crippen MR) is 98.0 cm³/mol. The van der Waals surface area contributed by atoms with E-state index < -0.39 is 24.0 Å². The van der Waals surface area contributed by atoms with Gasteiger partial charge in [-0.2, -0.15) is 0 Å². The minimum absolute atomic E-state index is 0.128. The molecule has 0 fully saturated rings. The summed E-state index contributed by atoms with van der Waals surface area (Å²) in [5.74, 6) is -1.77. The molecular formula is C18H19Cl2N2O5-. The van der Waals surface area contributed by atoms with Crippen molar-refractivity contribution in [2.24, 2.45) is 0 Å². The molecule has 0 unspecified atom stereocenters. The van der Waals surface area contributed by atoms with Crippen molar-refractivity contribution in [2.75, 3.05) is 13.2 Å². The molecule has 1 N–H and O–H groups in total. The summed E-state index contributed by atoms with van der Waals surface area (Å²) in [7, 11) is 0. The molecule has 1 heterocycles. The van der Waals surface area contributed by atoms with Crippen LogP contribution in [0.4, 0.5) is 4.79 Å². The topological polar surface area (TPSA) is 98.8 Å². The van der Waals surface area contributed by atoms with E-state index in [1.165, 1.54) is 4.90 Å². The first-order valence-electron chi connectivity index (χ1n) is 8.37. The average molecular weight is 414 g/mol. The van der Waals surface area contributed by atoms with Gasteiger partial charge in [-0.1, -0.05) is 29.3 Å². The van der Waals surface area contributed by atoms with E-state index in [1.807, 2.05) is 0 Å². The van der Waals surface area contributed by atoms with Gasteiger partial charge in [-0.15, -0.1) is 0 Å². The third kappa shape index (κ3) is 4.93. The number of halogens is 2. The van der Waals surface area contributed by atoms with Gasteiger partial charge in [0.25, 0.3) is 0 Å². The van der Waals surface area contributed by atoms with Crippen LogP contribution in [0, 0.1) is 0 Å². The quantitative estimate of drug-likeness (QED) is 0.691. The van der Waals surface area contributed by atoms with Gasteiger partial charge in [0.1, 0.15) is 0 Å². The number of rotatable bonds is 7. The average Bonchev–Trinajstić information content (AvgIpc) is 2.59. The molecule has 1 aliphatic heterocycles. The summed E-state index contributed by atoms with van der Waals surface area (Å²) in [4.78, 5) is 37.0. The van der Waals surface area contributed by atoms with E-state index in [0.717, 1.165) is 0 Å². The molecule has 0 saturated heterocycles. The lowest BCUT2D eigenvalue weighted by atomic mass is 9.95. The Labute approximate surface area is 166 Å². The van der Waals surface area contributed by atoms with Crippen LogP contribution in [0.2, 0.25) is 10.0 Å². The number of nitrogens with one attached hydrogen (secondary N) is 1. The predicted octanol–water partition coefficient (Wildman–Crippen LogP) is 2.43. The molecule has 2 amide bonds. The van der Waals surface area contributed by atoms with Gasteiger partial charge in [-0.25, -0.2) is 9.59 Å². The zero-order valence-electron chi connectivity index (χ0n) is 14.9. The number of amides is 2. The fourth-order valence-corrected chi connectivity index (χ4v) is 3.15. The van der Waals surface area contributed by atoms with E-state index in [0.29, 0.717) is 21.3 Å². The maximum atomic E-state index is 12.6. The summed E-state index contributed by atoms with van der Waals surface area (Å²) in [6, 6.07) is 3.61. The first-order valence-corrected chi connectivity index (χ1v) is 9.12. The molecule has 2 rings (SSSR count). The molecule has 7 nitrogen and oxygen atoms in total. The highest BCUT2D eigenvalue weighted by Crippen LogP contribution is 2.34. The molecular weight excluding hydrogens is 395 g/mol. The Bertz CT molecular complexity index is 794. The second-order valence-electron chi connectivity index (χ2n) is 5.90. The molecule has 1 aromatic rings. The second kappa shape index (κ2) is 9.10. The highest BCUT2D eigenvalue weighted by atomic mass is 35.5. The number of hydrogen-bond acceptors (Lipinski definition) is 5. The first-order chi connectivity index (χ1) is 12.8. The number of aliphatic carboxylic acids is 1. The molecule has 0 bridgehead atoms. The van der Waals surface area contributed by atoms with Gasteiger partial charge < -0.3 is 20.0 Å². The van der Waals surface area contributed by atoms with Crippen molar-refractivity contribution in [3.8, 4) is 0 Å². The zero-order chi connectivity index (χ0) is 20.1. The Balaban J connectivity index is 2.42. The summed E-state index contributed by atoms with van der Waals surface area (Å²) < 4.78 is 5.15. The lowest BCUT2D eigenvalue weighted by Gasteiger charge is -2.35. The maximum absolute atomic E-state index is 12.6. The van der Waals surface area contributed by atoms with Crippen molar-refractivity contribution in [2.45, 2.75) is 32.7 Å². The van der Waals surface area contributed by atoms with Gasteiger partial charge in [0, 0.05) is 18.2 Å². The van der Waals surface area contributed by atoms with Gasteiger partial charge in [0.05, 0.1) is 28.3 Å². The van der Waals surface area contributed by atoms with E-state index in [4.69, 9.17) is 27.9 Å². The van der Waals surface area contributed by atoms with Crippen molar-refractivity contribution in [1.82, 2.24) is 10.2 Å². The fraction of sp³-hybridized carbons (Fsp3) is 0.389. The lowest BCUT2D eigenvalue weighted by molar-refractivity contribution is -0.305. The molecule has 27 heavy (non-hydrogen) atoms. The van der Waals surface area contributed by atoms with Gasteiger partial charge in [-0.3, -0.25) is 4.90 Å². The summed E-state index contributed by atoms with van der Waals surface area (Å²) in [5.41, 5.74) is 1.23. The summed E-state index contributed by atoms with van der Waals surface area (Å²) in [6.45, 7) is 3.60. The number of carbonyl (C=O) groups excluding carboxylic acids is 3. The number of urea groups is 1. The molecule has 0 spiro atoms. The normalized spacial score (nSPS) is 17.0. The fourth-order valence-electron chi connectivity index (χ4n) is 2.85. The van der Waals surface area contributed by atoms with Crippen molar-refractivity contribution in [1.29, 1.82) is 0 Å². The third-order valence-corrected chi connectivity index (χ3v) is 4.87. The SMILES string of the molecule is CCOC(=O)C1=C(C)N(CCCC(=O)[O-])C(=O)N[C@H]1c1ccc(Cl)c(Cl)c1. The molecule has 0 aromatic heterocycles. The molecule has 0 radical (unpaired) electrons. The minimum Gasteiger partial charge on any atom is -0.550 e. The zero-order valence-corrected chi connectivity index (χ0v) is 16.4. The number of carboxylic acids is 1. The number of carboxylic acid groups (broad SMARTS) is 1. The van der Waals surface area contributed by atoms with Crippen molar-refractivity contribution < 1.29 is 24.2 Å². The molecule has 0 saturated carbocycles. The standard InChI is InChI=1S/C18H20Cl2N2O5/c1-3-27-17(25)15-10(2)22(8-4-5-14(23)24)18(26)21-16(15)11-6-7-12(19)13(20)9-11/h6-7,9,16H,3-5,8H2,1-2H3,(H,21,26)(H,23,24)/p-1/t16-/m0/s1. The van der Waals surface area contributed by atoms with Crippen LogP contribution in [0.1, 0.15) is 38.3 Å². The molecule has 1 aromatic carbocycles. The largest absolute Gasteiger partial charge is 0.550 e. The minimum atomic E-state index is -1.20. The monoisotopic (exact) mass is 413 g/mol. The van der Waals surface area contributed by atoms with E-state index in [-0.39, 0.29) is 31.6 Å². The van der Waals surface area contributed by atoms with Crippen LogP contribution >= 0.6 is 23.2 Å². The van der Waals surface area contributed by atoms with Crippen LogP contribution < -0.4 is 10.4 Å². The Morgan fingerprint density at radius 2 is 2.00 bits per heavy atom. The smallest absolute Gasteiger partial charge is 0.338 e. The van der Waals surface area contributed by atoms with Gasteiger partial charge in [0.15, 0.2) is 0 Å². The number of nitrogens with zero attached hydrogens (tertiary/aromatic N) is 1. The van der Waals surface area contributed by atoms with Gasteiger partial charge in [0.2, 0.25) is 0 Å². The lowest BCUT2D eigenvalue weighted by Crippen LogP contribution is -2.48. The van der Waals surface area contributed by atoms with Crippen LogP contribution in [0.5, 0.6) is 0 Å². The highest BCUT2D eigenvalue weighted by Gasteiger charge is 2.36. The molecule has 146 valence electrons. The molecule has 1 aliphatic rings. The van der Waals surface area contributed by atoms with Crippen LogP contribution in [0.25, 0.3) is 0 Å². The van der Waals surface area contributed by atoms with Crippen molar-refractivity contribution >= 4 is 41.2 Å². The van der Waals surface area contributed by atoms with Crippen LogP contribution in [-0.4, -0.2) is 36.0 Å². The summed E-state index contributed by atoms with van der Waals surface area (Å²) in [6.07, 6.45) is 0.00264. The first kappa shape index (κ1) is 21.1. The van der Waals surface area contributed by atoms with E-state index in [2.05, 4.69) is 5.32 Å². The molecule has 9 heteroatoms. The van der Waals surface area contributed by atoms with Crippen LogP contribution in [0.3, 0.4) is 0 Å². The number of ether oxygens (including phenoxy) is 1. The number of carbonyl (C=O) groups is 3. The Kier molecular flexibility index (Phi) is 7.10. The molecule has 0 aliphatic carbocycles. The number of hydrogen-bond donors (Lipinski definition) is 1. The maximum Gasteiger partial charge on any atom is 0.338 e. The van der Waals surface area contributed by atoms with Crippen molar-refractivity contribution in [3.05, 3.63) is 45.1 Å². The van der Waals surface area contributed by atoms with Gasteiger partial charge >= 0.3 is 12.0 Å². The Hall–Kier alpha value is -2.25. The summed E-state index contributed by atoms with van der Waals surface area (Å²) >= 11 is 12.0. The summed E-state index contributed by atoms with van der Waals surface area (Å²) in [5, 5.41) is 14.0. The van der Waals surface area contributed by atoms with E-state index in [9.17, 15) is 19.5 Å². The third-order valence-electron chi connectivity index (χ3n) is 4.13. The number of esters is 1. The van der Waals surface area contributed by atoms with Crippen LogP contribution in [0.15, 0.2) is 29.5 Å². The Morgan fingerprint density at radius 3 is 2.59 bits per heavy atom. The molecule has 1 atom stereocenters. The van der Waals surface area contributed by atoms with Crippen molar-refractivity contribution in [3.63, 3.8) is 0 Å². The van der Waals surface area contributed by atoms with E-state index in [1.54, 1.807) is 32.0 Å². The number of benzene rings is 1. The number of allylic oxidation sites excluding steroid dienone is 1. The van der Waals surface area contributed by atoms with E-state index >= 15 is 0 Å². The van der Waals surface area contributed by atoms with Crippen LogP contribution in [-0.2, 0) is 14.3 Å².